The molecule has 1 atom stereocenters. The highest BCUT2D eigenvalue weighted by Gasteiger charge is 2.19. The molecule has 0 amide bonds. The van der Waals surface area contributed by atoms with Gasteiger partial charge >= 0.3 is 0 Å². The third kappa shape index (κ3) is 3.87. The van der Waals surface area contributed by atoms with Crippen LogP contribution in [0, 0.1) is 6.92 Å². The molecule has 1 heterocycles. The van der Waals surface area contributed by atoms with Crippen molar-refractivity contribution in [1.82, 2.24) is 9.97 Å². The zero-order chi connectivity index (χ0) is 12.2. The van der Waals surface area contributed by atoms with Crippen molar-refractivity contribution >= 4 is 0 Å². The van der Waals surface area contributed by atoms with Crippen LogP contribution in [-0.4, -0.2) is 27.8 Å². The number of nitrogens with zero attached hydrogens (tertiary/aromatic N) is 2. The third-order valence-electron chi connectivity index (χ3n) is 2.71. The lowest BCUT2D eigenvalue weighted by molar-refractivity contribution is 0.00239. The van der Waals surface area contributed by atoms with E-state index >= 15 is 0 Å². The third-order valence-corrected chi connectivity index (χ3v) is 2.71. The fraction of sp³-hybridized carbons (Fsp3) is 0.667. The summed E-state index contributed by atoms with van der Waals surface area (Å²) < 4.78 is 5.30. The van der Waals surface area contributed by atoms with Crippen LogP contribution in [0.2, 0.25) is 0 Å². The molecule has 4 nitrogen and oxygen atoms in total. The van der Waals surface area contributed by atoms with Gasteiger partial charge in [-0.05, 0) is 39.7 Å². The molecule has 0 fully saturated rings. The minimum absolute atomic E-state index is 0.205. The first-order valence-corrected chi connectivity index (χ1v) is 5.47. The van der Waals surface area contributed by atoms with Gasteiger partial charge in [-0.2, -0.15) is 0 Å². The Bertz CT molecular complexity index is 340. The molecule has 0 spiro atoms. The lowest BCUT2D eigenvalue weighted by Crippen LogP contribution is -2.23. The van der Waals surface area contributed by atoms with Crippen LogP contribution in [0.4, 0.5) is 0 Å². The molecule has 90 valence electrons. The Kier molecular flexibility index (Phi) is 4.38. The fourth-order valence-corrected chi connectivity index (χ4v) is 1.39. The number of aryl methyl sites for hydroxylation is 1. The SMILES string of the molecule is COC(C)(C)CCC(O)c1ccnc(C)n1. The Morgan fingerprint density at radius 3 is 2.75 bits per heavy atom. The van der Waals surface area contributed by atoms with E-state index in [1.807, 2.05) is 20.8 Å². The van der Waals surface area contributed by atoms with Crippen LogP contribution in [0.15, 0.2) is 12.3 Å². The molecule has 0 radical (unpaired) electrons. The van der Waals surface area contributed by atoms with Crippen molar-refractivity contribution in [1.29, 1.82) is 0 Å². The molecule has 4 heteroatoms. The number of aromatic nitrogens is 2. The van der Waals surface area contributed by atoms with Crippen LogP contribution in [0.1, 0.15) is 44.3 Å². The van der Waals surface area contributed by atoms with Gasteiger partial charge in [0.2, 0.25) is 0 Å². The van der Waals surface area contributed by atoms with E-state index in [1.54, 1.807) is 19.4 Å². The molecule has 0 aliphatic rings. The number of aliphatic hydroxyl groups is 1. The van der Waals surface area contributed by atoms with E-state index in [0.717, 1.165) is 6.42 Å². The average Bonchev–Trinajstić information content (AvgIpc) is 2.26. The van der Waals surface area contributed by atoms with Gasteiger partial charge in [-0.25, -0.2) is 9.97 Å². The number of rotatable bonds is 5. The maximum absolute atomic E-state index is 9.96. The molecule has 0 saturated heterocycles. The summed E-state index contributed by atoms with van der Waals surface area (Å²) >= 11 is 0. The van der Waals surface area contributed by atoms with Crippen LogP contribution in [0.5, 0.6) is 0 Å². The van der Waals surface area contributed by atoms with Gasteiger partial charge in [-0.1, -0.05) is 0 Å². The predicted octanol–water partition coefficient (Wildman–Crippen LogP) is 2.02. The van der Waals surface area contributed by atoms with Crippen molar-refractivity contribution in [2.75, 3.05) is 7.11 Å². The maximum atomic E-state index is 9.96. The predicted molar refractivity (Wildman–Crippen MR) is 62.1 cm³/mol. The van der Waals surface area contributed by atoms with Crippen molar-refractivity contribution < 1.29 is 9.84 Å². The summed E-state index contributed by atoms with van der Waals surface area (Å²) in [6.07, 6.45) is 2.55. The van der Waals surface area contributed by atoms with Gasteiger partial charge in [0.05, 0.1) is 17.4 Å². The molecule has 0 aliphatic heterocycles. The topological polar surface area (TPSA) is 55.2 Å². The molecule has 1 N–H and O–H groups in total. The molecule has 1 rings (SSSR count). The summed E-state index contributed by atoms with van der Waals surface area (Å²) in [6.45, 7) is 5.82. The first-order chi connectivity index (χ1) is 7.44. The van der Waals surface area contributed by atoms with Crippen LogP contribution >= 0.6 is 0 Å². The summed E-state index contributed by atoms with van der Waals surface area (Å²) in [4.78, 5) is 8.20. The van der Waals surface area contributed by atoms with Gasteiger partial charge in [0.25, 0.3) is 0 Å². The maximum Gasteiger partial charge on any atom is 0.125 e. The van der Waals surface area contributed by atoms with Gasteiger partial charge in [0.15, 0.2) is 0 Å². The van der Waals surface area contributed by atoms with Gasteiger partial charge in [-0.3, -0.25) is 0 Å². The zero-order valence-electron chi connectivity index (χ0n) is 10.4. The lowest BCUT2D eigenvalue weighted by atomic mass is 9.99. The van der Waals surface area contributed by atoms with E-state index < -0.39 is 6.10 Å². The summed E-state index contributed by atoms with van der Waals surface area (Å²) in [5, 5.41) is 9.96. The number of methoxy groups -OCH3 is 1. The van der Waals surface area contributed by atoms with E-state index in [0.29, 0.717) is 17.9 Å². The smallest absolute Gasteiger partial charge is 0.125 e. The van der Waals surface area contributed by atoms with Crippen LogP contribution in [0.3, 0.4) is 0 Å². The zero-order valence-corrected chi connectivity index (χ0v) is 10.4. The van der Waals surface area contributed by atoms with E-state index in [1.165, 1.54) is 0 Å². The van der Waals surface area contributed by atoms with E-state index in [9.17, 15) is 5.11 Å². The molecule has 16 heavy (non-hydrogen) atoms. The molecule has 1 aromatic rings. The van der Waals surface area contributed by atoms with Gasteiger partial charge in [0.1, 0.15) is 5.82 Å². The molecule has 0 aromatic carbocycles. The first-order valence-electron chi connectivity index (χ1n) is 5.47. The van der Waals surface area contributed by atoms with Crippen molar-refractivity contribution in [2.45, 2.75) is 45.3 Å². The highest BCUT2D eigenvalue weighted by Crippen LogP contribution is 2.23. The van der Waals surface area contributed by atoms with Crippen molar-refractivity contribution in [2.24, 2.45) is 0 Å². The van der Waals surface area contributed by atoms with Crippen molar-refractivity contribution in [3.63, 3.8) is 0 Å². The standard InChI is InChI=1S/C12H20N2O2/c1-9-13-8-6-10(14-9)11(15)5-7-12(2,3)16-4/h6,8,11,15H,5,7H2,1-4H3. The summed E-state index contributed by atoms with van der Waals surface area (Å²) in [5.74, 6) is 0.683. The summed E-state index contributed by atoms with van der Waals surface area (Å²) in [7, 11) is 1.68. The second kappa shape index (κ2) is 5.37. The van der Waals surface area contributed by atoms with Gasteiger partial charge < -0.3 is 9.84 Å². The molecule has 1 aromatic heterocycles. The minimum Gasteiger partial charge on any atom is -0.387 e. The number of ether oxygens (including phenoxy) is 1. The highest BCUT2D eigenvalue weighted by atomic mass is 16.5. The molecular formula is C12H20N2O2. The Morgan fingerprint density at radius 2 is 2.19 bits per heavy atom. The quantitative estimate of drug-likeness (QED) is 0.831. The van der Waals surface area contributed by atoms with E-state index in [4.69, 9.17) is 4.74 Å². The normalized spacial score (nSPS) is 13.8. The first kappa shape index (κ1) is 13.1. The van der Waals surface area contributed by atoms with Crippen molar-refractivity contribution in [3.05, 3.63) is 23.8 Å². The Labute approximate surface area is 96.7 Å². The Morgan fingerprint density at radius 1 is 1.50 bits per heavy atom. The highest BCUT2D eigenvalue weighted by molar-refractivity contribution is 5.05. The number of aliphatic hydroxyl groups excluding tert-OH is 1. The monoisotopic (exact) mass is 224 g/mol. The second-order valence-electron chi connectivity index (χ2n) is 4.55. The lowest BCUT2D eigenvalue weighted by Gasteiger charge is -2.24. The minimum atomic E-state index is -0.545. The molecule has 0 bridgehead atoms. The second-order valence-corrected chi connectivity index (χ2v) is 4.55. The summed E-state index contributed by atoms with van der Waals surface area (Å²) in [6, 6.07) is 1.75. The molecule has 0 saturated carbocycles. The number of hydrogen-bond donors (Lipinski definition) is 1. The fourth-order valence-electron chi connectivity index (χ4n) is 1.39. The van der Waals surface area contributed by atoms with Gasteiger partial charge in [0, 0.05) is 13.3 Å². The molecule has 0 aliphatic carbocycles. The van der Waals surface area contributed by atoms with Crippen LogP contribution < -0.4 is 0 Å². The van der Waals surface area contributed by atoms with E-state index in [-0.39, 0.29) is 5.60 Å². The van der Waals surface area contributed by atoms with Crippen LogP contribution in [0.25, 0.3) is 0 Å². The van der Waals surface area contributed by atoms with E-state index in [2.05, 4.69) is 9.97 Å². The van der Waals surface area contributed by atoms with Crippen molar-refractivity contribution in [3.8, 4) is 0 Å². The van der Waals surface area contributed by atoms with Crippen LogP contribution in [-0.2, 0) is 4.74 Å². The Hall–Kier alpha value is -1.00. The molecular weight excluding hydrogens is 204 g/mol. The number of hydrogen-bond acceptors (Lipinski definition) is 4. The average molecular weight is 224 g/mol. The Balaban J connectivity index is 2.56. The molecule has 1 unspecified atom stereocenters. The van der Waals surface area contributed by atoms with Gasteiger partial charge in [-0.15, -0.1) is 0 Å². The largest absolute Gasteiger partial charge is 0.387 e. The summed E-state index contributed by atoms with van der Waals surface area (Å²) in [5.41, 5.74) is 0.475.